The summed E-state index contributed by atoms with van der Waals surface area (Å²) in [7, 11) is 1.35. The zero-order valence-electron chi connectivity index (χ0n) is 16.2. The molecule has 0 saturated carbocycles. The Morgan fingerprint density at radius 3 is 2.41 bits per heavy atom. The molecule has 1 spiro atoms. The van der Waals surface area contributed by atoms with E-state index in [4.69, 9.17) is 14.2 Å². The Morgan fingerprint density at radius 2 is 1.76 bits per heavy atom. The Bertz CT molecular complexity index is 883. The van der Waals surface area contributed by atoms with Crippen LogP contribution in [0.2, 0.25) is 0 Å². The summed E-state index contributed by atoms with van der Waals surface area (Å²) >= 11 is 0. The molecular formula is C21H23N3O5. The maximum absolute atomic E-state index is 12.9. The first-order valence-electron chi connectivity index (χ1n) is 9.57. The quantitative estimate of drug-likeness (QED) is 0.793. The molecule has 1 aromatic heterocycles. The van der Waals surface area contributed by atoms with E-state index in [1.807, 2.05) is 0 Å². The van der Waals surface area contributed by atoms with E-state index in [0.717, 1.165) is 11.4 Å². The Morgan fingerprint density at radius 1 is 1.07 bits per heavy atom. The number of benzene rings is 1. The van der Waals surface area contributed by atoms with Gasteiger partial charge in [-0.1, -0.05) is 0 Å². The number of esters is 1. The van der Waals surface area contributed by atoms with Crippen LogP contribution in [0.3, 0.4) is 0 Å². The average Bonchev–Trinajstić information content (AvgIpc) is 3.22. The van der Waals surface area contributed by atoms with Gasteiger partial charge in [0.2, 0.25) is 0 Å². The first kappa shape index (κ1) is 19.4. The van der Waals surface area contributed by atoms with Gasteiger partial charge in [-0.15, -0.1) is 0 Å². The van der Waals surface area contributed by atoms with E-state index >= 15 is 0 Å². The van der Waals surface area contributed by atoms with E-state index in [1.54, 1.807) is 47.5 Å². The second-order valence-electron chi connectivity index (χ2n) is 7.02. The number of rotatable bonds is 4. The largest absolute Gasteiger partial charge is 0.465 e. The molecule has 0 bridgehead atoms. The van der Waals surface area contributed by atoms with Gasteiger partial charge >= 0.3 is 5.97 Å². The number of aromatic nitrogens is 1. The lowest BCUT2D eigenvalue weighted by Gasteiger charge is -2.37. The number of ether oxygens (including phenoxy) is 3. The van der Waals surface area contributed by atoms with E-state index in [9.17, 15) is 9.59 Å². The van der Waals surface area contributed by atoms with Gasteiger partial charge < -0.3 is 24.4 Å². The molecule has 2 aliphatic heterocycles. The minimum absolute atomic E-state index is 0.109. The fourth-order valence-electron chi connectivity index (χ4n) is 3.60. The van der Waals surface area contributed by atoms with Crippen molar-refractivity contribution in [1.82, 2.24) is 9.88 Å². The summed E-state index contributed by atoms with van der Waals surface area (Å²) in [5.74, 6) is -1.00. The van der Waals surface area contributed by atoms with Crippen LogP contribution >= 0.6 is 0 Å². The third kappa shape index (κ3) is 4.23. The average molecular weight is 397 g/mol. The molecule has 0 aliphatic carbocycles. The smallest absolute Gasteiger partial charge is 0.337 e. The number of hydrogen-bond donors (Lipinski definition) is 1. The SMILES string of the molecule is COC(=O)c1ccc(Nc2ccnc(C(=O)N3CCC4(CC3)OCCO4)c2)cc1. The lowest BCUT2D eigenvalue weighted by atomic mass is 10.0. The van der Waals surface area contributed by atoms with Crippen molar-refractivity contribution in [1.29, 1.82) is 0 Å². The van der Waals surface area contributed by atoms with Crippen LogP contribution in [-0.4, -0.2) is 61.0 Å². The number of anilines is 2. The van der Waals surface area contributed by atoms with Crippen LogP contribution in [0.15, 0.2) is 42.6 Å². The molecule has 8 nitrogen and oxygen atoms in total. The third-order valence-electron chi connectivity index (χ3n) is 5.20. The van der Waals surface area contributed by atoms with Crippen LogP contribution in [0.1, 0.15) is 33.7 Å². The molecule has 1 N–H and O–H groups in total. The summed E-state index contributed by atoms with van der Waals surface area (Å²) in [5.41, 5.74) is 2.38. The zero-order chi connectivity index (χ0) is 20.3. The number of carbonyl (C=O) groups is 2. The van der Waals surface area contributed by atoms with Crippen molar-refractivity contribution in [3.8, 4) is 0 Å². The third-order valence-corrected chi connectivity index (χ3v) is 5.20. The van der Waals surface area contributed by atoms with Crippen molar-refractivity contribution in [3.63, 3.8) is 0 Å². The van der Waals surface area contributed by atoms with Crippen LogP contribution in [0.25, 0.3) is 0 Å². The zero-order valence-corrected chi connectivity index (χ0v) is 16.2. The summed E-state index contributed by atoms with van der Waals surface area (Å²) < 4.78 is 16.1. The Balaban J connectivity index is 1.40. The number of carbonyl (C=O) groups excluding carboxylic acids is 2. The van der Waals surface area contributed by atoms with Crippen LogP contribution in [0.4, 0.5) is 11.4 Å². The molecule has 29 heavy (non-hydrogen) atoms. The maximum Gasteiger partial charge on any atom is 0.337 e. The lowest BCUT2D eigenvalue weighted by Crippen LogP contribution is -2.47. The molecular weight excluding hydrogens is 374 g/mol. The van der Waals surface area contributed by atoms with E-state index < -0.39 is 5.79 Å². The number of methoxy groups -OCH3 is 1. The van der Waals surface area contributed by atoms with Crippen molar-refractivity contribution in [2.45, 2.75) is 18.6 Å². The monoisotopic (exact) mass is 397 g/mol. The predicted molar refractivity (Wildman–Crippen MR) is 105 cm³/mol. The second kappa shape index (κ2) is 8.18. The molecule has 0 atom stereocenters. The highest BCUT2D eigenvalue weighted by Crippen LogP contribution is 2.31. The Kier molecular flexibility index (Phi) is 5.46. The molecule has 1 amide bonds. The van der Waals surface area contributed by atoms with Crippen molar-refractivity contribution < 1.29 is 23.8 Å². The predicted octanol–water partition coefficient (Wildman–Crippen LogP) is 2.59. The summed E-state index contributed by atoms with van der Waals surface area (Å²) in [6.07, 6.45) is 2.94. The van der Waals surface area contributed by atoms with E-state index in [0.29, 0.717) is 50.4 Å². The molecule has 2 aliphatic rings. The molecule has 2 aromatic rings. The number of nitrogens with zero attached hydrogens (tertiary/aromatic N) is 2. The van der Waals surface area contributed by atoms with Gasteiger partial charge in [0.05, 0.1) is 25.9 Å². The normalized spacial score (nSPS) is 17.9. The lowest BCUT2D eigenvalue weighted by molar-refractivity contribution is -0.181. The first-order chi connectivity index (χ1) is 14.1. The Hall–Kier alpha value is -2.97. The van der Waals surface area contributed by atoms with Gasteiger partial charge in [0, 0.05) is 43.5 Å². The van der Waals surface area contributed by atoms with Crippen LogP contribution in [0, 0.1) is 0 Å². The van der Waals surface area contributed by atoms with Gasteiger partial charge in [0.25, 0.3) is 5.91 Å². The second-order valence-corrected chi connectivity index (χ2v) is 7.02. The minimum Gasteiger partial charge on any atom is -0.465 e. The molecule has 152 valence electrons. The van der Waals surface area contributed by atoms with Crippen molar-refractivity contribution in [2.75, 3.05) is 38.7 Å². The van der Waals surface area contributed by atoms with Gasteiger partial charge in [0.1, 0.15) is 5.69 Å². The van der Waals surface area contributed by atoms with Gasteiger partial charge in [-0.25, -0.2) is 4.79 Å². The number of pyridine rings is 1. The molecule has 1 aromatic carbocycles. The fraction of sp³-hybridized carbons (Fsp3) is 0.381. The summed E-state index contributed by atoms with van der Waals surface area (Å²) in [5, 5.41) is 3.22. The highest BCUT2D eigenvalue weighted by molar-refractivity contribution is 5.93. The topological polar surface area (TPSA) is 90.0 Å². The molecule has 4 rings (SSSR count). The van der Waals surface area contributed by atoms with Crippen molar-refractivity contribution >= 4 is 23.3 Å². The molecule has 8 heteroatoms. The number of piperidine rings is 1. The van der Waals surface area contributed by atoms with Gasteiger partial charge in [-0.3, -0.25) is 9.78 Å². The van der Waals surface area contributed by atoms with Crippen LogP contribution in [-0.2, 0) is 14.2 Å². The van der Waals surface area contributed by atoms with Crippen LogP contribution in [0.5, 0.6) is 0 Å². The molecule has 0 unspecified atom stereocenters. The van der Waals surface area contributed by atoms with Crippen LogP contribution < -0.4 is 5.32 Å². The number of hydrogen-bond acceptors (Lipinski definition) is 7. The van der Waals surface area contributed by atoms with Gasteiger partial charge in [-0.2, -0.15) is 0 Å². The standard InChI is InChI=1S/C21H23N3O5/c1-27-20(26)15-2-4-16(5-3-15)23-17-6-9-22-18(14-17)19(25)24-10-7-21(8-11-24)28-12-13-29-21/h2-6,9,14H,7-8,10-13H2,1H3,(H,22,23). The molecule has 2 fully saturated rings. The van der Waals surface area contributed by atoms with Crippen molar-refractivity contribution in [2.24, 2.45) is 0 Å². The fourth-order valence-corrected chi connectivity index (χ4v) is 3.60. The first-order valence-corrected chi connectivity index (χ1v) is 9.57. The maximum atomic E-state index is 12.9. The highest BCUT2D eigenvalue weighted by Gasteiger charge is 2.41. The highest BCUT2D eigenvalue weighted by atomic mass is 16.7. The molecule has 2 saturated heterocycles. The van der Waals surface area contributed by atoms with Gasteiger partial charge in [-0.05, 0) is 36.4 Å². The number of nitrogens with one attached hydrogen (secondary N) is 1. The number of likely N-dealkylation sites (tertiary alicyclic amines) is 1. The summed E-state index contributed by atoms with van der Waals surface area (Å²) in [6, 6.07) is 10.4. The van der Waals surface area contributed by atoms with Crippen molar-refractivity contribution in [3.05, 3.63) is 53.9 Å². The minimum atomic E-state index is -0.510. The van der Waals surface area contributed by atoms with E-state index in [2.05, 4.69) is 10.3 Å². The van der Waals surface area contributed by atoms with E-state index in [-0.39, 0.29) is 11.9 Å². The van der Waals surface area contributed by atoms with E-state index in [1.165, 1.54) is 7.11 Å². The molecule has 0 radical (unpaired) electrons. The Labute approximate surface area is 168 Å². The summed E-state index contributed by atoms with van der Waals surface area (Å²) in [4.78, 5) is 30.4. The summed E-state index contributed by atoms with van der Waals surface area (Å²) in [6.45, 7) is 2.38. The van der Waals surface area contributed by atoms with Gasteiger partial charge in [0.15, 0.2) is 5.79 Å². The number of amides is 1. The molecule has 3 heterocycles.